The molecule has 3 rings (SSSR count). The third-order valence-electron chi connectivity index (χ3n) is 3.52. The Morgan fingerprint density at radius 1 is 0.864 bits per heavy atom. The van der Waals surface area contributed by atoms with Crippen molar-refractivity contribution in [3.05, 3.63) is 48.5 Å². The number of anilines is 2. The van der Waals surface area contributed by atoms with Crippen LogP contribution in [0.3, 0.4) is 0 Å². The van der Waals surface area contributed by atoms with Crippen LogP contribution in [-0.4, -0.2) is 32.1 Å². The minimum absolute atomic E-state index is 0. The van der Waals surface area contributed by atoms with Crippen LogP contribution in [0.25, 0.3) is 0 Å². The first-order valence-corrected chi connectivity index (χ1v) is 7.85. The molecule has 1 heterocycles. The molecule has 0 radical (unpaired) electrons. The molecule has 5 heteroatoms. The Kier molecular flexibility index (Phi) is 7.57. The highest BCUT2D eigenvalue weighted by Crippen LogP contribution is 2.47. The predicted octanol–water partition coefficient (Wildman–Crippen LogP) is 5.08. The minimum Gasteiger partial charge on any atom is -0.340 e. The summed E-state index contributed by atoms with van der Waals surface area (Å²) in [5.41, 5.74) is 2.69. The van der Waals surface area contributed by atoms with Crippen molar-refractivity contribution in [3.8, 4) is 0 Å². The van der Waals surface area contributed by atoms with Crippen LogP contribution >= 0.6 is 36.6 Å². The average Bonchev–Trinajstić information content (AvgIpc) is 2.46. The molecule has 22 heavy (non-hydrogen) atoms. The molecule has 0 aliphatic carbocycles. The lowest BCUT2D eigenvalue weighted by molar-refractivity contribution is 0.402. The van der Waals surface area contributed by atoms with E-state index in [4.69, 9.17) is 0 Å². The van der Waals surface area contributed by atoms with Gasteiger partial charge >= 0.3 is 0 Å². The lowest BCUT2D eigenvalue weighted by Crippen LogP contribution is -2.25. The van der Waals surface area contributed by atoms with Gasteiger partial charge in [-0.25, -0.2) is 0 Å². The maximum Gasteiger partial charge on any atom is 0.0552 e. The minimum atomic E-state index is 0. The second-order valence-electron chi connectivity index (χ2n) is 5.35. The molecular weight excluding hydrogens is 335 g/mol. The number of hydrogen-bond donors (Lipinski definition) is 0. The van der Waals surface area contributed by atoms with Crippen molar-refractivity contribution < 1.29 is 0 Å². The highest BCUT2D eigenvalue weighted by Gasteiger charge is 2.22. The van der Waals surface area contributed by atoms with E-state index in [2.05, 4.69) is 72.4 Å². The van der Waals surface area contributed by atoms with Gasteiger partial charge in [-0.3, -0.25) is 0 Å². The third-order valence-corrected chi connectivity index (χ3v) is 4.65. The molecule has 0 fully saturated rings. The number of fused-ring (bicyclic) bond motifs is 2. The number of hydrogen-bond acceptors (Lipinski definition) is 3. The summed E-state index contributed by atoms with van der Waals surface area (Å²) in [4.78, 5) is 7.42. The van der Waals surface area contributed by atoms with Gasteiger partial charge in [0, 0.05) is 16.3 Å². The van der Waals surface area contributed by atoms with Gasteiger partial charge in [0.25, 0.3) is 0 Å². The molecule has 120 valence electrons. The van der Waals surface area contributed by atoms with Gasteiger partial charge in [0.2, 0.25) is 0 Å². The highest BCUT2D eigenvalue weighted by atomic mass is 35.5. The average molecular weight is 357 g/mol. The smallest absolute Gasteiger partial charge is 0.0552 e. The Bertz CT molecular complexity index is 559. The molecule has 0 spiro atoms. The lowest BCUT2D eigenvalue weighted by Gasteiger charge is -2.33. The number of para-hydroxylation sites is 2. The fraction of sp³-hybridized carbons (Fsp3) is 0.294. The second-order valence-corrected chi connectivity index (χ2v) is 6.43. The van der Waals surface area contributed by atoms with Crippen molar-refractivity contribution in [2.75, 3.05) is 32.1 Å². The Labute approximate surface area is 149 Å². The highest BCUT2D eigenvalue weighted by molar-refractivity contribution is 7.99. The molecule has 2 aromatic carbocycles. The summed E-state index contributed by atoms with van der Waals surface area (Å²) in [5, 5.41) is 0. The molecule has 0 aromatic heterocycles. The largest absolute Gasteiger partial charge is 0.340 e. The molecule has 2 nitrogen and oxygen atoms in total. The van der Waals surface area contributed by atoms with E-state index >= 15 is 0 Å². The monoisotopic (exact) mass is 356 g/mol. The Hall–Kier alpha value is -0.870. The first kappa shape index (κ1) is 19.2. The summed E-state index contributed by atoms with van der Waals surface area (Å²) in [7, 11) is 4.27. The van der Waals surface area contributed by atoms with E-state index in [1.807, 2.05) is 11.8 Å². The molecular formula is C17H22Cl2N2S. The van der Waals surface area contributed by atoms with Crippen LogP contribution in [0.1, 0.15) is 6.42 Å². The van der Waals surface area contributed by atoms with Crippen molar-refractivity contribution in [2.45, 2.75) is 16.2 Å². The zero-order chi connectivity index (χ0) is 13.9. The fourth-order valence-electron chi connectivity index (χ4n) is 2.57. The summed E-state index contributed by atoms with van der Waals surface area (Å²) in [6, 6.07) is 17.4. The van der Waals surface area contributed by atoms with Gasteiger partial charge < -0.3 is 9.80 Å². The Balaban J connectivity index is 0.00000121. The number of benzene rings is 2. The van der Waals surface area contributed by atoms with Gasteiger partial charge in [-0.1, -0.05) is 36.0 Å². The van der Waals surface area contributed by atoms with E-state index in [1.165, 1.54) is 27.6 Å². The molecule has 0 N–H and O–H groups in total. The SMILES string of the molecule is CN(C)CCCN1c2ccccc2Sc2ccccc21.Cl.Cl. The lowest BCUT2D eigenvalue weighted by atomic mass is 10.2. The quantitative estimate of drug-likeness (QED) is 0.753. The first-order valence-electron chi connectivity index (χ1n) is 7.04. The van der Waals surface area contributed by atoms with E-state index in [0.717, 1.165) is 13.1 Å². The maximum absolute atomic E-state index is 2.46. The molecule has 1 aliphatic heterocycles. The molecule has 0 unspecified atom stereocenters. The summed E-state index contributed by atoms with van der Waals surface area (Å²) in [6.07, 6.45) is 1.17. The van der Waals surface area contributed by atoms with Crippen molar-refractivity contribution in [1.82, 2.24) is 4.90 Å². The van der Waals surface area contributed by atoms with Gasteiger partial charge in [0.05, 0.1) is 11.4 Å². The summed E-state index contributed by atoms with van der Waals surface area (Å²) < 4.78 is 0. The molecule has 0 amide bonds. The Morgan fingerprint density at radius 3 is 1.86 bits per heavy atom. The van der Waals surface area contributed by atoms with E-state index in [0.29, 0.717) is 0 Å². The van der Waals surface area contributed by atoms with Gasteiger partial charge in [-0.2, -0.15) is 0 Å². The van der Waals surface area contributed by atoms with E-state index in [-0.39, 0.29) is 24.8 Å². The van der Waals surface area contributed by atoms with Gasteiger partial charge in [-0.15, -0.1) is 24.8 Å². The summed E-state index contributed by atoms with van der Waals surface area (Å²) >= 11 is 1.87. The number of halogens is 2. The fourth-order valence-corrected chi connectivity index (χ4v) is 3.66. The van der Waals surface area contributed by atoms with Crippen LogP contribution in [-0.2, 0) is 0 Å². The van der Waals surface area contributed by atoms with Crippen molar-refractivity contribution >= 4 is 48.0 Å². The number of rotatable bonds is 4. The molecule has 1 aliphatic rings. The van der Waals surface area contributed by atoms with Gasteiger partial charge in [0.15, 0.2) is 0 Å². The van der Waals surface area contributed by atoms with Crippen LogP contribution < -0.4 is 4.90 Å². The van der Waals surface area contributed by atoms with Gasteiger partial charge in [-0.05, 0) is 51.3 Å². The first-order chi connectivity index (χ1) is 9.75. The molecule has 0 atom stereocenters. The van der Waals surface area contributed by atoms with E-state index in [9.17, 15) is 0 Å². The van der Waals surface area contributed by atoms with Crippen LogP contribution in [0.4, 0.5) is 11.4 Å². The van der Waals surface area contributed by atoms with E-state index in [1.54, 1.807) is 0 Å². The second kappa shape index (κ2) is 8.68. The summed E-state index contributed by atoms with van der Waals surface area (Å²) in [6.45, 7) is 2.18. The molecule has 0 saturated heterocycles. The van der Waals surface area contributed by atoms with Crippen molar-refractivity contribution in [1.29, 1.82) is 0 Å². The topological polar surface area (TPSA) is 6.48 Å². The summed E-state index contributed by atoms with van der Waals surface area (Å²) in [5.74, 6) is 0. The molecule has 0 saturated carbocycles. The van der Waals surface area contributed by atoms with Crippen molar-refractivity contribution in [2.24, 2.45) is 0 Å². The molecule has 2 aromatic rings. The van der Waals surface area contributed by atoms with Crippen LogP contribution in [0.15, 0.2) is 58.3 Å². The third kappa shape index (κ3) is 4.11. The van der Waals surface area contributed by atoms with Crippen LogP contribution in [0.5, 0.6) is 0 Å². The van der Waals surface area contributed by atoms with Crippen molar-refractivity contribution in [3.63, 3.8) is 0 Å². The van der Waals surface area contributed by atoms with Crippen LogP contribution in [0, 0.1) is 0 Å². The zero-order valence-corrected chi connectivity index (χ0v) is 15.3. The maximum atomic E-state index is 2.46. The Morgan fingerprint density at radius 2 is 1.36 bits per heavy atom. The standard InChI is InChI=1S/C17H20N2S.2ClH/c1-18(2)12-7-13-19-14-8-3-5-10-16(14)20-17-11-6-4-9-15(17)19;;/h3-6,8-11H,7,12-13H2,1-2H3;2*1H. The van der Waals surface area contributed by atoms with E-state index < -0.39 is 0 Å². The predicted molar refractivity (Wildman–Crippen MR) is 102 cm³/mol. The van der Waals surface area contributed by atoms with Gasteiger partial charge in [0.1, 0.15) is 0 Å². The normalized spacial score (nSPS) is 12.0. The van der Waals surface area contributed by atoms with Crippen LogP contribution in [0.2, 0.25) is 0 Å². The molecule has 0 bridgehead atoms. The zero-order valence-electron chi connectivity index (χ0n) is 12.9. The number of nitrogens with zero attached hydrogens (tertiary/aromatic N) is 2.